The third-order valence-electron chi connectivity index (χ3n) is 4.04. The van der Waals surface area contributed by atoms with Crippen LogP contribution in [0.15, 0.2) is 53.2 Å². The molecule has 1 aliphatic heterocycles. The molecule has 1 aliphatic rings. The van der Waals surface area contributed by atoms with Crippen molar-refractivity contribution in [1.29, 1.82) is 0 Å². The van der Waals surface area contributed by atoms with Crippen LogP contribution in [0.25, 0.3) is 6.08 Å². The van der Waals surface area contributed by atoms with Crippen molar-refractivity contribution in [3.05, 3.63) is 60.1 Å². The van der Waals surface area contributed by atoms with Gasteiger partial charge in [0.05, 0.1) is 19.5 Å². The predicted molar refractivity (Wildman–Crippen MR) is 93.7 cm³/mol. The summed E-state index contributed by atoms with van der Waals surface area (Å²) in [5, 5.41) is 0. The molecule has 5 nitrogen and oxygen atoms in total. The SMILES string of the molecule is CN(Cc1ccc(N2CCOCC2)cc1)C(=O)/C=C/c1ccco1. The van der Waals surface area contributed by atoms with Crippen LogP contribution in [0, 0.1) is 0 Å². The minimum absolute atomic E-state index is 0.0522. The van der Waals surface area contributed by atoms with E-state index in [1.165, 1.54) is 11.8 Å². The van der Waals surface area contributed by atoms with Crippen LogP contribution in [0.2, 0.25) is 0 Å². The molecular formula is C19H22N2O3. The number of ether oxygens (including phenoxy) is 1. The highest BCUT2D eigenvalue weighted by Crippen LogP contribution is 2.17. The summed E-state index contributed by atoms with van der Waals surface area (Å²) < 4.78 is 10.6. The van der Waals surface area contributed by atoms with E-state index in [4.69, 9.17) is 9.15 Å². The molecule has 0 N–H and O–H groups in total. The third-order valence-corrected chi connectivity index (χ3v) is 4.04. The van der Waals surface area contributed by atoms with Gasteiger partial charge in [-0.25, -0.2) is 0 Å². The normalized spacial score (nSPS) is 15.0. The molecule has 0 saturated carbocycles. The zero-order chi connectivity index (χ0) is 16.8. The first kappa shape index (κ1) is 16.3. The van der Waals surface area contributed by atoms with Gasteiger partial charge in [0.1, 0.15) is 5.76 Å². The zero-order valence-electron chi connectivity index (χ0n) is 13.9. The number of benzene rings is 1. The lowest BCUT2D eigenvalue weighted by Crippen LogP contribution is -2.36. The molecule has 1 aromatic carbocycles. The van der Waals surface area contributed by atoms with Crippen molar-refractivity contribution >= 4 is 17.7 Å². The fraction of sp³-hybridized carbons (Fsp3) is 0.316. The number of nitrogens with zero attached hydrogens (tertiary/aromatic N) is 2. The fourth-order valence-corrected chi connectivity index (χ4v) is 2.65. The molecule has 1 aromatic heterocycles. The molecule has 2 heterocycles. The minimum atomic E-state index is -0.0522. The lowest BCUT2D eigenvalue weighted by molar-refractivity contribution is -0.125. The summed E-state index contributed by atoms with van der Waals surface area (Å²) in [6.45, 7) is 3.98. The highest BCUT2D eigenvalue weighted by atomic mass is 16.5. The van der Waals surface area contributed by atoms with E-state index in [-0.39, 0.29) is 5.91 Å². The standard InChI is InChI=1S/C19H22N2O3/c1-20(19(22)9-8-18-3-2-12-24-18)15-16-4-6-17(7-5-16)21-10-13-23-14-11-21/h2-9,12H,10-11,13-15H2,1H3/b9-8+. The van der Waals surface area contributed by atoms with Crippen molar-refractivity contribution in [2.45, 2.75) is 6.54 Å². The number of amides is 1. The van der Waals surface area contributed by atoms with Crippen LogP contribution >= 0.6 is 0 Å². The molecule has 1 saturated heterocycles. The minimum Gasteiger partial charge on any atom is -0.465 e. The maximum Gasteiger partial charge on any atom is 0.246 e. The first-order valence-corrected chi connectivity index (χ1v) is 8.11. The van der Waals surface area contributed by atoms with Crippen LogP contribution in [-0.2, 0) is 16.1 Å². The van der Waals surface area contributed by atoms with Crippen molar-refractivity contribution in [3.8, 4) is 0 Å². The van der Waals surface area contributed by atoms with Gasteiger partial charge >= 0.3 is 0 Å². The van der Waals surface area contributed by atoms with Crippen molar-refractivity contribution < 1.29 is 13.9 Å². The van der Waals surface area contributed by atoms with Gasteiger partial charge in [0.25, 0.3) is 0 Å². The average Bonchev–Trinajstić information content (AvgIpc) is 3.14. The maximum atomic E-state index is 12.1. The number of morpholine rings is 1. The quantitative estimate of drug-likeness (QED) is 0.793. The molecule has 0 bridgehead atoms. The van der Waals surface area contributed by atoms with Crippen molar-refractivity contribution in [2.75, 3.05) is 38.3 Å². The molecule has 0 atom stereocenters. The number of carbonyl (C=O) groups excluding carboxylic acids is 1. The summed E-state index contributed by atoms with van der Waals surface area (Å²) >= 11 is 0. The van der Waals surface area contributed by atoms with Gasteiger partial charge in [-0.15, -0.1) is 0 Å². The van der Waals surface area contributed by atoms with E-state index >= 15 is 0 Å². The van der Waals surface area contributed by atoms with Crippen LogP contribution < -0.4 is 4.90 Å². The summed E-state index contributed by atoms with van der Waals surface area (Å²) in [6, 6.07) is 12.0. The molecule has 1 amide bonds. The Morgan fingerprint density at radius 1 is 1.21 bits per heavy atom. The van der Waals surface area contributed by atoms with Crippen molar-refractivity contribution in [3.63, 3.8) is 0 Å². The number of hydrogen-bond acceptors (Lipinski definition) is 4. The number of rotatable bonds is 5. The van der Waals surface area contributed by atoms with Crippen LogP contribution in [0.3, 0.4) is 0 Å². The molecule has 2 aromatic rings. The second kappa shape index (κ2) is 7.84. The molecule has 3 rings (SSSR count). The Kier molecular flexibility index (Phi) is 5.33. The molecule has 5 heteroatoms. The number of furan rings is 1. The highest BCUT2D eigenvalue weighted by molar-refractivity contribution is 5.91. The molecule has 24 heavy (non-hydrogen) atoms. The van der Waals surface area contributed by atoms with Gasteiger partial charge in [0.15, 0.2) is 0 Å². The number of hydrogen-bond donors (Lipinski definition) is 0. The lowest BCUT2D eigenvalue weighted by atomic mass is 10.1. The van der Waals surface area contributed by atoms with E-state index in [0.29, 0.717) is 12.3 Å². The zero-order valence-corrected chi connectivity index (χ0v) is 13.9. The lowest BCUT2D eigenvalue weighted by Gasteiger charge is -2.29. The van der Waals surface area contributed by atoms with E-state index < -0.39 is 0 Å². The molecule has 126 valence electrons. The summed E-state index contributed by atoms with van der Waals surface area (Å²) in [7, 11) is 1.80. The topological polar surface area (TPSA) is 45.9 Å². The number of carbonyl (C=O) groups is 1. The van der Waals surface area contributed by atoms with Crippen LogP contribution in [0.1, 0.15) is 11.3 Å². The van der Waals surface area contributed by atoms with E-state index in [2.05, 4.69) is 29.2 Å². The van der Waals surface area contributed by atoms with Crippen LogP contribution in [-0.4, -0.2) is 44.2 Å². The maximum absolute atomic E-state index is 12.1. The van der Waals surface area contributed by atoms with Crippen LogP contribution in [0.4, 0.5) is 5.69 Å². The Morgan fingerprint density at radius 3 is 2.62 bits per heavy atom. The van der Waals surface area contributed by atoms with E-state index in [0.717, 1.165) is 31.9 Å². The van der Waals surface area contributed by atoms with Gasteiger partial charge < -0.3 is 19.0 Å². The second-order valence-corrected chi connectivity index (χ2v) is 5.81. The van der Waals surface area contributed by atoms with Gasteiger partial charge in [0.2, 0.25) is 5.91 Å². The molecule has 0 aliphatic carbocycles. The number of anilines is 1. The monoisotopic (exact) mass is 326 g/mol. The number of likely N-dealkylation sites (N-methyl/N-ethyl adjacent to an activating group) is 1. The summed E-state index contributed by atoms with van der Waals surface area (Å²) in [5.74, 6) is 0.621. The Bertz CT molecular complexity index is 671. The van der Waals surface area contributed by atoms with E-state index in [1.807, 2.05) is 6.07 Å². The Balaban J connectivity index is 1.55. The van der Waals surface area contributed by atoms with Crippen molar-refractivity contribution in [1.82, 2.24) is 4.90 Å². The molecule has 0 radical (unpaired) electrons. The van der Waals surface area contributed by atoms with E-state index in [9.17, 15) is 4.79 Å². The van der Waals surface area contributed by atoms with Gasteiger partial charge in [0, 0.05) is 38.4 Å². The third kappa shape index (κ3) is 4.26. The van der Waals surface area contributed by atoms with Crippen LogP contribution in [0.5, 0.6) is 0 Å². The van der Waals surface area contributed by atoms with Crippen molar-refractivity contribution in [2.24, 2.45) is 0 Å². The second-order valence-electron chi connectivity index (χ2n) is 5.81. The van der Waals surface area contributed by atoms with E-state index in [1.54, 1.807) is 30.4 Å². The first-order chi connectivity index (χ1) is 11.7. The molecule has 0 unspecified atom stereocenters. The smallest absolute Gasteiger partial charge is 0.246 e. The first-order valence-electron chi connectivity index (χ1n) is 8.11. The van der Waals surface area contributed by atoms with Gasteiger partial charge in [-0.2, -0.15) is 0 Å². The molecular weight excluding hydrogens is 304 g/mol. The highest BCUT2D eigenvalue weighted by Gasteiger charge is 2.11. The predicted octanol–water partition coefficient (Wildman–Crippen LogP) is 2.79. The van der Waals surface area contributed by atoms with Gasteiger partial charge in [-0.3, -0.25) is 4.79 Å². The Hall–Kier alpha value is -2.53. The van der Waals surface area contributed by atoms with Gasteiger partial charge in [-0.1, -0.05) is 12.1 Å². The summed E-state index contributed by atoms with van der Waals surface area (Å²) in [6.07, 6.45) is 4.80. The van der Waals surface area contributed by atoms with Gasteiger partial charge in [-0.05, 0) is 35.9 Å². The summed E-state index contributed by atoms with van der Waals surface area (Å²) in [5.41, 5.74) is 2.31. The average molecular weight is 326 g/mol. The summed E-state index contributed by atoms with van der Waals surface area (Å²) in [4.78, 5) is 16.1. The Labute approximate surface area is 142 Å². The molecule has 1 fully saturated rings. The Morgan fingerprint density at radius 2 is 1.96 bits per heavy atom. The largest absolute Gasteiger partial charge is 0.465 e. The fourth-order valence-electron chi connectivity index (χ4n) is 2.65. The molecule has 0 spiro atoms.